The molecule has 13 heavy (non-hydrogen) atoms. The molecule has 62 valence electrons. The smallest absolute Gasteiger partial charge is 0.0981 e. The lowest BCUT2D eigenvalue weighted by Crippen LogP contribution is -1.61. The first-order valence-corrected chi connectivity index (χ1v) is 4.28. The fourth-order valence-electron chi connectivity index (χ4n) is 1.65. The number of rotatable bonds is 0. The second kappa shape index (κ2) is 2.36. The zero-order chi connectivity index (χ0) is 8.67. The zero-order valence-electron chi connectivity index (χ0n) is 7.03. The molecule has 1 heteroatoms. The van der Waals surface area contributed by atoms with Gasteiger partial charge in [0, 0.05) is 10.8 Å². The summed E-state index contributed by atoms with van der Waals surface area (Å²) in [6.07, 6.45) is 3.55. The molecule has 0 saturated heterocycles. The minimum atomic E-state index is 1.15. The molecule has 0 radical (unpaired) electrons. The average molecular weight is 168 g/mol. The lowest BCUT2D eigenvalue weighted by molar-refractivity contribution is 0.572. The molecule has 0 fully saturated rings. The standard InChI is InChI=1S/C12H8O/c1-2-9-4-5-11-7-13-8-12(11)6-10(9)3-1/h1-8H. The molecule has 0 aliphatic heterocycles. The van der Waals surface area contributed by atoms with Crippen LogP contribution < -0.4 is 0 Å². The normalized spacial score (nSPS) is 11.1. The first-order valence-electron chi connectivity index (χ1n) is 4.28. The van der Waals surface area contributed by atoms with Crippen molar-refractivity contribution in [3.63, 3.8) is 0 Å². The van der Waals surface area contributed by atoms with Gasteiger partial charge < -0.3 is 4.42 Å². The van der Waals surface area contributed by atoms with E-state index >= 15 is 0 Å². The molecule has 0 unspecified atom stereocenters. The predicted octanol–water partition coefficient (Wildman–Crippen LogP) is 3.54. The fourth-order valence-corrected chi connectivity index (χ4v) is 1.65. The third kappa shape index (κ3) is 0.937. The lowest BCUT2D eigenvalue weighted by Gasteiger charge is -1.87. The van der Waals surface area contributed by atoms with E-state index in [1.54, 1.807) is 12.5 Å². The van der Waals surface area contributed by atoms with Crippen LogP contribution in [0.3, 0.4) is 0 Å². The number of hydrogen-bond acceptors (Lipinski definition) is 1. The molecular weight excluding hydrogens is 160 g/mol. The van der Waals surface area contributed by atoms with Crippen LogP contribution in [0.4, 0.5) is 0 Å². The molecule has 0 saturated carbocycles. The molecule has 0 amide bonds. The maximum absolute atomic E-state index is 5.13. The van der Waals surface area contributed by atoms with Crippen molar-refractivity contribution in [3.8, 4) is 11.1 Å². The summed E-state index contributed by atoms with van der Waals surface area (Å²) >= 11 is 0. The number of fused-ring (bicyclic) bond motifs is 2. The highest BCUT2D eigenvalue weighted by Crippen LogP contribution is 2.26. The first-order chi connectivity index (χ1) is 6.43. The molecule has 0 aromatic carbocycles. The largest absolute Gasteiger partial charge is 0.471 e. The van der Waals surface area contributed by atoms with Crippen molar-refractivity contribution in [3.05, 3.63) is 48.9 Å². The molecule has 3 rings (SSSR count). The third-order valence-corrected chi connectivity index (χ3v) is 2.36. The van der Waals surface area contributed by atoms with Gasteiger partial charge in [-0.15, -0.1) is 0 Å². The van der Waals surface area contributed by atoms with Crippen LogP contribution in [-0.4, -0.2) is 0 Å². The minimum absolute atomic E-state index is 1.15. The van der Waals surface area contributed by atoms with Gasteiger partial charge in [-0.3, -0.25) is 0 Å². The van der Waals surface area contributed by atoms with E-state index in [1.165, 1.54) is 11.1 Å². The molecule has 0 bridgehead atoms. The van der Waals surface area contributed by atoms with Crippen LogP contribution in [0.1, 0.15) is 0 Å². The summed E-state index contributed by atoms with van der Waals surface area (Å²) in [5.74, 6) is 0. The highest BCUT2D eigenvalue weighted by Gasteiger charge is 2.01. The first kappa shape index (κ1) is 6.72. The molecule has 1 aromatic rings. The average Bonchev–Trinajstić information content (AvgIpc) is 2.72. The minimum Gasteiger partial charge on any atom is -0.471 e. The molecule has 0 atom stereocenters. The van der Waals surface area contributed by atoms with E-state index in [4.69, 9.17) is 4.42 Å². The van der Waals surface area contributed by atoms with E-state index in [2.05, 4.69) is 36.4 Å². The molecule has 1 nitrogen and oxygen atoms in total. The highest BCUT2D eigenvalue weighted by molar-refractivity contribution is 5.86. The summed E-state index contributed by atoms with van der Waals surface area (Å²) < 4.78 is 5.13. The van der Waals surface area contributed by atoms with Gasteiger partial charge in [0.2, 0.25) is 0 Å². The fraction of sp³-hybridized carbons (Fsp3) is 0. The van der Waals surface area contributed by atoms with Gasteiger partial charge in [-0.05, 0) is 17.2 Å². The Morgan fingerprint density at radius 1 is 0.769 bits per heavy atom. The van der Waals surface area contributed by atoms with Gasteiger partial charge in [-0.2, -0.15) is 0 Å². The van der Waals surface area contributed by atoms with Crippen molar-refractivity contribution in [2.75, 3.05) is 0 Å². The van der Waals surface area contributed by atoms with Gasteiger partial charge in [0.15, 0.2) is 0 Å². The second-order valence-electron chi connectivity index (χ2n) is 3.20. The van der Waals surface area contributed by atoms with E-state index < -0.39 is 0 Å². The molecule has 0 spiro atoms. The van der Waals surface area contributed by atoms with Crippen molar-refractivity contribution in [2.24, 2.45) is 0 Å². The second-order valence-corrected chi connectivity index (χ2v) is 3.20. The Kier molecular flexibility index (Phi) is 1.22. The van der Waals surface area contributed by atoms with E-state index in [0.29, 0.717) is 0 Å². The van der Waals surface area contributed by atoms with E-state index in [0.717, 1.165) is 10.8 Å². The Morgan fingerprint density at radius 2 is 1.62 bits per heavy atom. The third-order valence-electron chi connectivity index (χ3n) is 2.36. The van der Waals surface area contributed by atoms with Crippen LogP contribution >= 0.6 is 0 Å². The van der Waals surface area contributed by atoms with E-state index in [-0.39, 0.29) is 0 Å². The summed E-state index contributed by atoms with van der Waals surface area (Å²) in [7, 11) is 0. The van der Waals surface area contributed by atoms with Crippen LogP contribution in [0.2, 0.25) is 0 Å². The van der Waals surface area contributed by atoms with Gasteiger partial charge >= 0.3 is 0 Å². The Morgan fingerprint density at radius 3 is 2.62 bits per heavy atom. The van der Waals surface area contributed by atoms with Crippen molar-refractivity contribution < 1.29 is 4.42 Å². The number of furan rings is 1. The summed E-state index contributed by atoms with van der Waals surface area (Å²) in [6.45, 7) is 0. The zero-order valence-corrected chi connectivity index (χ0v) is 7.03. The van der Waals surface area contributed by atoms with Gasteiger partial charge in [0.1, 0.15) is 0 Å². The van der Waals surface area contributed by atoms with Crippen LogP contribution in [0.5, 0.6) is 0 Å². The predicted molar refractivity (Wildman–Crippen MR) is 52.8 cm³/mol. The van der Waals surface area contributed by atoms with Gasteiger partial charge in [0.05, 0.1) is 12.5 Å². The lowest BCUT2D eigenvalue weighted by atomic mass is 10.2. The molecule has 2 aliphatic rings. The molecule has 1 heterocycles. The van der Waals surface area contributed by atoms with Crippen molar-refractivity contribution >= 4 is 10.8 Å². The van der Waals surface area contributed by atoms with Crippen LogP contribution in [0.25, 0.3) is 21.9 Å². The Bertz CT molecular complexity index is 522. The molecular formula is C12H8O. The summed E-state index contributed by atoms with van der Waals surface area (Å²) in [5.41, 5.74) is 2.53. The van der Waals surface area contributed by atoms with E-state index in [9.17, 15) is 0 Å². The van der Waals surface area contributed by atoms with Gasteiger partial charge in [-0.25, -0.2) is 0 Å². The quantitative estimate of drug-likeness (QED) is 0.500. The van der Waals surface area contributed by atoms with Gasteiger partial charge in [-0.1, -0.05) is 30.3 Å². The molecule has 1 aromatic heterocycles. The molecule has 2 aliphatic carbocycles. The maximum Gasteiger partial charge on any atom is 0.0981 e. The Hall–Kier alpha value is -1.76. The highest BCUT2D eigenvalue weighted by atomic mass is 16.3. The monoisotopic (exact) mass is 168 g/mol. The Labute approximate surface area is 75.9 Å². The van der Waals surface area contributed by atoms with E-state index in [1.807, 2.05) is 0 Å². The summed E-state index contributed by atoms with van der Waals surface area (Å²) in [6, 6.07) is 12.6. The summed E-state index contributed by atoms with van der Waals surface area (Å²) in [4.78, 5) is 0. The van der Waals surface area contributed by atoms with Crippen molar-refractivity contribution in [1.29, 1.82) is 0 Å². The van der Waals surface area contributed by atoms with Crippen LogP contribution in [0.15, 0.2) is 53.3 Å². The number of hydrogen-bond donors (Lipinski definition) is 0. The van der Waals surface area contributed by atoms with Crippen LogP contribution in [0, 0.1) is 0 Å². The topological polar surface area (TPSA) is 13.1 Å². The van der Waals surface area contributed by atoms with Crippen LogP contribution in [-0.2, 0) is 0 Å². The molecule has 0 N–H and O–H groups in total. The van der Waals surface area contributed by atoms with Crippen molar-refractivity contribution in [1.82, 2.24) is 0 Å². The van der Waals surface area contributed by atoms with Gasteiger partial charge in [0.25, 0.3) is 0 Å². The van der Waals surface area contributed by atoms with Crippen molar-refractivity contribution in [2.45, 2.75) is 0 Å². The SMILES string of the molecule is c1cc2ccc3cocc3cc-2c1. The maximum atomic E-state index is 5.13. The Balaban J connectivity index is 2.51. The summed E-state index contributed by atoms with van der Waals surface area (Å²) in [5, 5.41) is 2.30.